The van der Waals surface area contributed by atoms with Gasteiger partial charge in [0, 0.05) is 5.41 Å². The largest absolute Gasteiger partial charge is 0.338 e. The van der Waals surface area contributed by atoms with Crippen LogP contribution in [0.2, 0.25) is 0 Å². The quantitative estimate of drug-likeness (QED) is 0.326. The van der Waals surface area contributed by atoms with Gasteiger partial charge >= 0.3 is 0 Å². The van der Waals surface area contributed by atoms with E-state index in [4.69, 9.17) is 19.6 Å². The van der Waals surface area contributed by atoms with Crippen LogP contribution in [-0.4, -0.2) is 13.2 Å². The van der Waals surface area contributed by atoms with Gasteiger partial charge in [-0.25, -0.2) is 0 Å². The highest BCUT2D eigenvalue weighted by Gasteiger charge is 2.23. The van der Waals surface area contributed by atoms with E-state index < -0.39 is 0 Å². The van der Waals surface area contributed by atoms with Gasteiger partial charge in [0.25, 0.3) is 0 Å². The first-order chi connectivity index (χ1) is 12.1. The predicted molar refractivity (Wildman–Crippen MR) is 98.8 cm³/mol. The normalized spacial score (nSPS) is 11.4. The molecule has 0 aliphatic heterocycles. The second-order valence-corrected chi connectivity index (χ2v) is 6.48. The van der Waals surface area contributed by atoms with Gasteiger partial charge in [-0.2, -0.15) is 9.78 Å². The average molecular weight is 344 g/mol. The van der Waals surface area contributed by atoms with E-state index in [-0.39, 0.29) is 5.41 Å². The van der Waals surface area contributed by atoms with Crippen LogP contribution in [0.3, 0.4) is 0 Å². The number of hydrogen-bond donors (Lipinski definition) is 0. The second-order valence-electron chi connectivity index (χ2n) is 6.48. The molecule has 0 aromatic heterocycles. The molecule has 0 spiro atoms. The fourth-order valence-electron chi connectivity index (χ4n) is 2.41. The van der Waals surface area contributed by atoms with E-state index in [9.17, 15) is 0 Å². The van der Waals surface area contributed by atoms with Crippen molar-refractivity contribution in [1.29, 1.82) is 0 Å². The summed E-state index contributed by atoms with van der Waals surface area (Å²) in [6.45, 7) is 9.65. The van der Waals surface area contributed by atoms with Gasteiger partial charge in [-0.05, 0) is 48.2 Å². The summed E-state index contributed by atoms with van der Waals surface area (Å²) in [5.74, 6) is 1.43. The Balaban J connectivity index is 2.04. The van der Waals surface area contributed by atoms with Crippen LogP contribution in [0.1, 0.15) is 51.7 Å². The lowest BCUT2D eigenvalue weighted by molar-refractivity contribution is -0.206. The summed E-state index contributed by atoms with van der Waals surface area (Å²) in [6, 6.07) is 16.0. The molecule has 0 amide bonds. The minimum Gasteiger partial charge on any atom is -0.338 e. The minimum atomic E-state index is -0.133. The molecule has 0 bridgehead atoms. The molecule has 4 heteroatoms. The van der Waals surface area contributed by atoms with Crippen molar-refractivity contribution in [2.24, 2.45) is 0 Å². The molecule has 0 N–H and O–H groups in total. The molecular formula is C21H28O4. The first kappa shape index (κ1) is 19.3. The minimum absolute atomic E-state index is 0.133. The molecule has 0 saturated heterocycles. The van der Waals surface area contributed by atoms with Crippen molar-refractivity contribution in [2.75, 3.05) is 13.2 Å². The molecule has 0 aliphatic rings. The Kier molecular flexibility index (Phi) is 7.29. The van der Waals surface area contributed by atoms with Crippen molar-refractivity contribution < 1.29 is 19.6 Å². The Hall–Kier alpha value is -2.04. The Morgan fingerprint density at radius 2 is 1.00 bits per heavy atom. The van der Waals surface area contributed by atoms with Crippen LogP contribution in [-0.2, 0) is 15.2 Å². The maximum Gasteiger partial charge on any atom is 0.165 e. The molecular weight excluding hydrogens is 316 g/mol. The fraction of sp³-hybridized carbons (Fsp3) is 0.429. The number of hydrogen-bond acceptors (Lipinski definition) is 4. The topological polar surface area (TPSA) is 36.9 Å². The summed E-state index contributed by atoms with van der Waals surface area (Å²) >= 11 is 0. The third-order valence-electron chi connectivity index (χ3n) is 4.04. The lowest BCUT2D eigenvalue weighted by atomic mass is 9.78. The lowest BCUT2D eigenvalue weighted by Gasteiger charge is -2.26. The maximum absolute atomic E-state index is 5.25. The van der Waals surface area contributed by atoms with Crippen molar-refractivity contribution in [3.63, 3.8) is 0 Å². The number of benzene rings is 2. The van der Waals surface area contributed by atoms with Gasteiger partial charge in [0.15, 0.2) is 11.5 Å². The molecule has 0 heterocycles. The summed E-state index contributed by atoms with van der Waals surface area (Å²) in [6.07, 6.45) is 1.85. The van der Waals surface area contributed by atoms with E-state index in [1.165, 1.54) is 11.1 Å². The highest BCUT2D eigenvalue weighted by atomic mass is 17.2. The Morgan fingerprint density at radius 3 is 1.32 bits per heavy atom. The smallest absolute Gasteiger partial charge is 0.165 e. The SMILES string of the molecule is CCCOOc1ccc(C(C)(C)c2ccc(OOCCC)cc2)cc1. The zero-order valence-electron chi connectivity index (χ0n) is 15.6. The van der Waals surface area contributed by atoms with Crippen molar-refractivity contribution in [3.8, 4) is 11.5 Å². The van der Waals surface area contributed by atoms with Crippen molar-refractivity contribution in [3.05, 3.63) is 59.7 Å². The van der Waals surface area contributed by atoms with Gasteiger partial charge in [-0.3, -0.25) is 0 Å². The van der Waals surface area contributed by atoms with Gasteiger partial charge in [-0.1, -0.05) is 52.0 Å². The molecule has 2 rings (SSSR count). The Labute approximate surface area is 150 Å². The standard InChI is InChI=1S/C21H28O4/c1-5-15-22-24-19-11-7-17(8-12-19)21(3,4)18-9-13-20(14-10-18)25-23-16-6-2/h7-14H,5-6,15-16H2,1-4H3. The average Bonchev–Trinajstić information content (AvgIpc) is 2.63. The van der Waals surface area contributed by atoms with Crippen LogP contribution in [0.25, 0.3) is 0 Å². The van der Waals surface area contributed by atoms with Crippen molar-refractivity contribution in [1.82, 2.24) is 0 Å². The highest BCUT2D eigenvalue weighted by molar-refractivity contribution is 5.41. The zero-order valence-corrected chi connectivity index (χ0v) is 15.6. The molecule has 25 heavy (non-hydrogen) atoms. The van der Waals surface area contributed by atoms with Crippen LogP contribution < -0.4 is 9.78 Å². The summed E-state index contributed by atoms with van der Waals surface area (Å²) in [5.41, 5.74) is 2.27. The first-order valence-corrected chi connectivity index (χ1v) is 8.88. The van der Waals surface area contributed by atoms with E-state index >= 15 is 0 Å². The molecule has 2 aromatic rings. The molecule has 0 fully saturated rings. The molecule has 2 aromatic carbocycles. The molecule has 0 aliphatic carbocycles. The summed E-state index contributed by atoms with van der Waals surface area (Å²) in [5, 5.41) is 0. The molecule has 4 nitrogen and oxygen atoms in total. The molecule has 0 unspecified atom stereocenters. The zero-order chi connectivity index (χ0) is 18.1. The van der Waals surface area contributed by atoms with E-state index in [0.717, 1.165) is 12.8 Å². The summed E-state index contributed by atoms with van der Waals surface area (Å²) in [4.78, 5) is 20.7. The lowest BCUT2D eigenvalue weighted by Crippen LogP contribution is -2.18. The maximum atomic E-state index is 5.25. The monoisotopic (exact) mass is 344 g/mol. The van der Waals surface area contributed by atoms with Gasteiger partial charge < -0.3 is 9.78 Å². The van der Waals surface area contributed by atoms with Crippen LogP contribution >= 0.6 is 0 Å². The van der Waals surface area contributed by atoms with Crippen molar-refractivity contribution >= 4 is 0 Å². The molecule has 0 atom stereocenters. The third-order valence-corrected chi connectivity index (χ3v) is 4.04. The second kappa shape index (κ2) is 9.44. The van der Waals surface area contributed by atoms with E-state index in [0.29, 0.717) is 24.7 Å². The third kappa shape index (κ3) is 5.48. The van der Waals surface area contributed by atoms with Crippen LogP contribution in [0.15, 0.2) is 48.5 Å². The van der Waals surface area contributed by atoms with Crippen molar-refractivity contribution in [2.45, 2.75) is 46.0 Å². The van der Waals surface area contributed by atoms with Gasteiger partial charge in [0.1, 0.15) is 0 Å². The predicted octanol–water partition coefficient (Wildman–Crippen LogP) is 5.45. The van der Waals surface area contributed by atoms with Gasteiger partial charge in [0.2, 0.25) is 0 Å². The summed E-state index contributed by atoms with van der Waals surface area (Å²) in [7, 11) is 0. The summed E-state index contributed by atoms with van der Waals surface area (Å²) < 4.78 is 0. The first-order valence-electron chi connectivity index (χ1n) is 8.88. The van der Waals surface area contributed by atoms with E-state index in [1.54, 1.807) is 0 Å². The highest BCUT2D eigenvalue weighted by Crippen LogP contribution is 2.33. The number of rotatable bonds is 10. The van der Waals surface area contributed by atoms with E-state index in [2.05, 4.69) is 38.1 Å². The van der Waals surface area contributed by atoms with Crippen LogP contribution in [0.4, 0.5) is 0 Å². The van der Waals surface area contributed by atoms with Gasteiger partial charge in [0.05, 0.1) is 13.2 Å². The Morgan fingerprint density at radius 1 is 0.640 bits per heavy atom. The molecule has 0 radical (unpaired) electrons. The van der Waals surface area contributed by atoms with Crippen LogP contribution in [0, 0.1) is 0 Å². The Bertz CT molecular complexity index is 562. The van der Waals surface area contributed by atoms with E-state index in [1.807, 2.05) is 38.1 Å². The molecule has 136 valence electrons. The fourth-order valence-corrected chi connectivity index (χ4v) is 2.41. The van der Waals surface area contributed by atoms with Crippen LogP contribution in [0.5, 0.6) is 11.5 Å². The molecule has 0 saturated carbocycles. The van der Waals surface area contributed by atoms with Gasteiger partial charge in [-0.15, -0.1) is 0 Å².